The predicted molar refractivity (Wildman–Crippen MR) is 47.2 cm³/mol. The number of ether oxygens (including phenoxy) is 1. The van der Waals surface area contributed by atoms with E-state index in [4.69, 9.17) is 0 Å². The minimum Gasteiger partial charge on any atom is -0.467 e. The van der Waals surface area contributed by atoms with Crippen molar-refractivity contribution in [2.75, 3.05) is 7.11 Å². The number of methoxy groups -OCH3 is 1. The largest absolute Gasteiger partial charge is 0.467 e. The lowest BCUT2D eigenvalue weighted by molar-refractivity contribution is -0.162. The second-order valence-corrected chi connectivity index (χ2v) is 3.67. The summed E-state index contributed by atoms with van der Waals surface area (Å²) in [5, 5.41) is 0. The Morgan fingerprint density at radius 2 is 1.71 bits per heavy atom. The third-order valence-corrected chi connectivity index (χ3v) is 2.30. The van der Waals surface area contributed by atoms with E-state index in [9.17, 15) is 14.4 Å². The van der Waals surface area contributed by atoms with Crippen LogP contribution in [-0.2, 0) is 19.1 Å². The summed E-state index contributed by atoms with van der Waals surface area (Å²) >= 11 is 0. The van der Waals surface area contributed by atoms with E-state index in [1.807, 2.05) is 0 Å². The van der Waals surface area contributed by atoms with Gasteiger partial charge >= 0.3 is 5.97 Å². The van der Waals surface area contributed by atoms with Crippen LogP contribution >= 0.6 is 0 Å². The molecule has 0 bridgehead atoms. The monoisotopic (exact) mass is 199 g/mol. The average Bonchev–Trinajstić information content (AvgIpc) is 2.44. The lowest BCUT2D eigenvalue weighted by atomic mass is 10.0. The van der Waals surface area contributed by atoms with Gasteiger partial charge in [0.1, 0.15) is 5.54 Å². The third kappa shape index (κ3) is 1.49. The van der Waals surface area contributed by atoms with Gasteiger partial charge in [0.25, 0.3) is 0 Å². The number of nitrogens with zero attached hydrogens (tertiary/aromatic N) is 1. The second kappa shape index (κ2) is 3.40. The molecule has 2 amide bonds. The number of hydrogen-bond acceptors (Lipinski definition) is 4. The van der Waals surface area contributed by atoms with Gasteiger partial charge in [0.2, 0.25) is 11.8 Å². The van der Waals surface area contributed by atoms with Crippen molar-refractivity contribution in [2.45, 2.75) is 32.2 Å². The Labute approximate surface area is 82.0 Å². The van der Waals surface area contributed by atoms with Crippen LogP contribution in [0.1, 0.15) is 26.7 Å². The fraction of sp³-hybridized carbons (Fsp3) is 0.667. The molecule has 1 fully saturated rings. The molecule has 78 valence electrons. The number of likely N-dealkylation sites (tertiary alicyclic amines) is 1. The highest BCUT2D eigenvalue weighted by molar-refractivity contribution is 6.06. The molecule has 5 nitrogen and oxygen atoms in total. The number of carbonyl (C=O) groups excluding carboxylic acids is 3. The van der Waals surface area contributed by atoms with Gasteiger partial charge in [0.05, 0.1) is 7.11 Å². The Balaban J connectivity index is 2.96. The zero-order chi connectivity index (χ0) is 10.9. The first kappa shape index (κ1) is 10.7. The van der Waals surface area contributed by atoms with Gasteiger partial charge in [-0.05, 0) is 13.8 Å². The normalized spacial score (nSPS) is 17.5. The van der Waals surface area contributed by atoms with Crippen molar-refractivity contribution in [1.29, 1.82) is 0 Å². The molecule has 1 heterocycles. The molecule has 0 spiro atoms. The van der Waals surface area contributed by atoms with Crippen LogP contribution in [0.25, 0.3) is 0 Å². The van der Waals surface area contributed by atoms with Crippen LogP contribution in [0.5, 0.6) is 0 Å². The number of esters is 1. The zero-order valence-electron chi connectivity index (χ0n) is 8.49. The van der Waals surface area contributed by atoms with Crippen LogP contribution in [0.15, 0.2) is 0 Å². The summed E-state index contributed by atoms with van der Waals surface area (Å²) in [5.74, 6) is -1.21. The van der Waals surface area contributed by atoms with Crippen molar-refractivity contribution in [2.24, 2.45) is 0 Å². The quantitative estimate of drug-likeness (QED) is 0.467. The minimum atomic E-state index is -1.20. The Hall–Kier alpha value is -1.39. The summed E-state index contributed by atoms with van der Waals surface area (Å²) in [7, 11) is 1.23. The summed E-state index contributed by atoms with van der Waals surface area (Å²) in [5.41, 5.74) is -1.20. The first-order valence-electron chi connectivity index (χ1n) is 4.35. The molecular weight excluding hydrogens is 186 g/mol. The van der Waals surface area contributed by atoms with Gasteiger partial charge in [-0.15, -0.1) is 0 Å². The van der Waals surface area contributed by atoms with E-state index in [-0.39, 0.29) is 24.7 Å². The minimum absolute atomic E-state index is 0.180. The molecule has 0 unspecified atom stereocenters. The number of amides is 2. The van der Waals surface area contributed by atoms with Crippen LogP contribution in [0.3, 0.4) is 0 Å². The van der Waals surface area contributed by atoms with Crippen LogP contribution in [0.2, 0.25) is 0 Å². The molecule has 0 aliphatic carbocycles. The summed E-state index contributed by atoms with van der Waals surface area (Å²) in [6.07, 6.45) is 0.360. The first-order chi connectivity index (χ1) is 6.41. The molecule has 0 aromatic carbocycles. The molecular formula is C9H13NO4. The molecule has 0 saturated carbocycles. The van der Waals surface area contributed by atoms with E-state index in [0.29, 0.717) is 0 Å². The standard InChI is InChI=1S/C9H13NO4/c1-9(2,8(13)14-3)10-6(11)4-5-7(10)12/h4-5H2,1-3H3. The van der Waals surface area contributed by atoms with Crippen molar-refractivity contribution in [1.82, 2.24) is 4.90 Å². The Morgan fingerprint density at radius 1 is 1.29 bits per heavy atom. The number of rotatable bonds is 2. The molecule has 0 atom stereocenters. The molecule has 5 heteroatoms. The molecule has 1 saturated heterocycles. The summed E-state index contributed by atoms with van der Waals surface area (Å²) in [6.45, 7) is 3.00. The molecule has 1 aliphatic rings. The number of carbonyl (C=O) groups is 3. The predicted octanol–water partition coefficient (Wildman–Crippen LogP) is 0.0870. The fourth-order valence-electron chi connectivity index (χ4n) is 1.54. The lowest BCUT2D eigenvalue weighted by Gasteiger charge is -2.30. The van der Waals surface area contributed by atoms with E-state index in [2.05, 4.69) is 4.74 Å². The smallest absolute Gasteiger partial charge is 0.331 e. The van der Waals surface area contributed by atoms with Crippen LogP contribution in [-0.4, -0.2) is 35.3 Å². The molecule has 0 aromatic heterocycles. The molecule has 1 aliphatic heterocycles. The van der Waals surface area contributed by atoms with E-state index in [0.717, 1.165) is 4.90 Å². The van der Waals surface area contributed by atoms with Crippen molar-refractivity contribution in [3.8, 4) is 0 Å². The van der Waals surface area contributed by atoms with Crippen molar-refractivity contribution < 1.29 is 19.1 Å². The van der Waals surface area contributed by atoms with Gasteiger partial charge in [-0.2, -0.15) is 0 Å². The zero-order valence-corrected chi connectivity index (χ0v) is 8.49. The average molecular weight is 199 g/mol. The van der Waals surface area contributed by atoms with Crippen molar-refractivity contribution in [3.05, 3.63) is 0 Å². The van der Waals surface area contributed by atoms with Crippen LogP contribution < -0.4 is 0 Å². The van der Waals surface area contributed by atoms with Crippen molar-refractivity contribution >= 4 is 17.8 Å². The SMILES string of the molecule is COC(=O)C(C)(C)N1C(=O)CCC1=O. The maximum atomic E-state index is 11.3. The van der Waals surface area contributed by atoms with Gasteiger partial charge in [0.15, 0.2) is 0 Å². The molecule has 1 rings (SSSR count). The molecule has 0 aromatic rings. The number of hydrogen-bond donors (Lipinski definition) is 0. The third-order valence-electron chi connectivity index (χ3n) is 2.30. The highest BCUT2D eigenvalue weighted by Crippen LogP contribution is 2.24. The highest BCUT2D eigenvalue weighted by atomic mass is 16.5. The first-order valence-corrected chi connectivity index (χ1v) is 4.35. The maximum absolute atomic E-state index is 11.3. The Morgan fingerprint density at radius 3 is 2.07 bits per heavy atom. The topological polar surface area (TPSA) is 63.7 Å². The van der Waals surface area contributed by atoms with Crippen molar-refractivity contribution in [3.63, 3.8) is 0 Å². The van der Waals surface area contributed by atoms with Gasteiger partial charge in [-0.3, -0.25) is 14.5 Å². The Kier molecular flexibility index (Phi) is 2.59. The fourth-order valence-corrected chi connectivity index (χ4v) is 1.54. The van der Waals surface area contributed by atoms with Gasteiger partial charge in [0, 0.05) is 12.8 Å². The van der Waals surface area contributed by atoms with Gasteiger partial charge in [-0.1, -0.05) is 0 Å². The summed E-state index contributed by atoms with van der Waals surface area (Å²) in [4.78, 5) is 35.0. The summed E-state index contributed by atoms with van der Waals surface area (Å²) in [6, 6.07) is 0. The van der Waals surface area contributed by atoms with Gasteiger partial charge in [-0.25, -0.2) is 4.79 Å². The van der Waals surface area contributed by atoms with E-state index in [1.165, 1.54) is 21.0 Å². The van der Waals surface area contributed by atoms with Gasteiger partial charge < -0.3 is 4.74 Å². The van der Waals surface area contributed by atoms with E-state index >= 15 is 0 Å². The highest BCUT2D eigenvalue weighted by Gasteiger charge is 2.45. The van der Waals surface area contributed by atoms with Crippen LogP contribution in [0.4, 0.5) is 0 Å². The second-order valence-electron chi connectivity index (χ2n) is 3.67. The molecule has 0 N–H and O–H groups in total. The molecule has 14 heavy (non-hydrogen) atoms. The lowest BCUT2D eigenvalue weighted by Crippen LogP contribution is -2.53. The van der Waals surface area contributed by atoms with E-state index < -0.39 is 11.5 Å². The number of imide groups is 1. The van der Waals surface area contributed by atoms with Crippen LogP contribution in [0, 0.1) is 0 Å². The Bertz CT molecular complexity index is 279. The summed E-state index contributed by atoms with van der Waals surface area (Å²) < 4.78 is 4.54. The van der Waals surface area contributed by atoms with E-state index in [1.54, 1.807) is 0 Å². The molecule has 0 radical (unpaired) electrons. The maximum Gasteiger partial charge on any atom is 0.331 e.